The Morgan fingerprint density at radius 2 is 1.76 bits per heavy atom. The Bertz CT molecular complexity index is 1310. The maximum Gasteiger partial charge on any atom is 0.270 e. The first-order valence-electron chi connectivity index (χ1n) is 10.9. The van der Waals surface area contributed by atoms with Gasteiger partial charge in [-0.2, -0.15) is 0 Å². The molecule has 0 bridgehead atoms. The highest BCUT2D eigenvalue weighted by molar-refractivity contribution is 7.99. The Kier molecular flexibility index (Phi) is 6.22. The molecule has 1 fully saturated rings. The summed E-state index contributed by atoms with van der Waals surface area (Å²) in [6.07, 6.45) is 6.89. The molecule has 4 aromatic rings. The molecule has 5 rings (SSSR count). The summed E-state index contributed by atoms with van der Waals surface area (Å²) in [5.41, 5.74) is 2.33. The molecule has 1 aromatic carbocycles. The molecular formula is C24H21FN6O2S. The first kappa shape index (κ1) is 22.0. The van der Waals surface area contributed by atoms with Crippen LogP contribution in [0.25, 0.3) is 17.1 Å². The average Bonchev–Trinajstić information content (AvgIpc) is 3.64. The highest BCUT2D eigenvalue weighted by Crippen LogP contribution is 2.28. The molecule has 0 spiro atoms. The number of carbonyl (C=O) groups excluding carboxylic acids is 2. The van der Waals surface area contributed by atoms with E-state index in [4.69, 9.17) is 0 Å². The zero-order chi connectivity index (χ0) is 23.5. The fourth-order valence-electron chi connectivity index (χ4n) is 3.86. The summed E-state index contributed by atoms with van der Waals surface area (Å²) in [6, 6.07) is 11.2. The largest absolute Gasteiger partial charge is 0.356 e. The minimum Gasteiger partial charge on any atom is -0.356 e. The maximum atomic E-state index is 13.5. The first-order valence-corrected chi connectivity index (χ1v) is 11.8. The summed E-state index contributed by atoms with van der Waals surface area (Å²) < 4.78 is 15.3. The number of aromatic amines is 1. The number of likely N-dealkylation sites (tertiary alicyclic amines) is 1. The lowest BCUT2D eigenvalue weighted by atomic mass is 10.2. The van der Waals surface area contributed by atoms with Gasteiger partial charge in [0.15, 0.2) is 16.8 Å². The van der Waals surface area contributed by atoms with Crippen molar-refractivity contribution >= 4 is 23.5 Å². The lowest BCUT2D eigenvalue weighted by Crippen LogP contribution is -2.27. The third kappa shape index (κ3) is 4.49. The molecule has 0 aliphatic carbocycles. The van der Waals surface area contributed by atoms with Gasteiger partial charge in [-0.25, -0.2) is 4.39 Å². The Morgan fingerprint density at radius 3 is 2.50 bits per heavy atom. The number of ketones is 1. The fraction of sp³-hybridized carbons (Fsp3) is 0.208. The van der Waals surface area contributed by atoms with Gasteiger partial charge in [0, 0.05) is 48.5 Å². The lowest BCUT2D eigenvalue weighted by molar-refractivity contribution is 0.0787. The number of rotatable bonds is 7. The van der Waals surface area contributed by atoms with E-state index in [1.54, 1.807) is 46.3 Å². The molecule has 34 heavy (non-hydrogen) atoms. The van der Waals surface area contributed by atoms with Gasteiger partial charge in [-0.05, 0) is 55.3 Å². The lowest BCUT2D eigenvalue weighted by Gasteiger charge is -2.13. The number of hydrogen-bond donors (Lipinski definition) is 1. The molecule has 10 heteroatoms. The van der Waals surface area contributed by atoms with Crippen molar-refractivity contribution in [1.29, 1.82) is 0 Å². The van der Waals surface area contributed by atoms with Gasteiger partial charge >= 0.3 is 0 Å². The number of benzene rings is 1. The van der Waals surface area contributed by atoms with E-state index in [1.165, 1.54) is 23.9 Å². The van der Waals surface area contributed by atoms with Gasteiger partial charge in [0.25, 0.3) is 5.91 Å². The van der Waals surface area contributed by atoms with Crippen LogP contribution in [0.3, 0.4) is 0 Å². The highest BCUT2D eigenvalue weighted by atomic mass is 32.2. The minimum absolute atomic E-state index is 0.0813. The van der Waals surface area contributed by atoms with Crippen molar-refractivity contribution in [3.63, 3.8) is 0 Å². The molecule has 0 radical (unpaired) electrons. The van der Waals surface area contributed by atoms with E-state index in [9.17, 15) is 14.0 Å². The van der Waals surface area contributed by atoms with E-state index < -0.39 is 0 Å². The predicted octanol–water partition coefficient (Wildman–Crippen LogP) is 4.01. The number of nitrogens with zero attached hydrogens (tertiary/aromatic N) is 5. The Balaban J connectivity index is 1.36. The fourth-order valence-corrected chi connectivity index (χ4v) is 4.70. The van der Waals surface area contributed by atoms with Crippen LogP contribution in [0.2, 0.25) is 0 Å². The molecule has 1 aliphatic heterocycles. The second-order valence-corrected chi connectivity index (χ2v) is 8.81. The molecule has 8 nitrogen and oxygen atoms in total. The van der Waals surface area contributed by atoms with Crippen LogP contribution in [-0.4, -0.2) is 60.2 Å². The van der Waals surface area contributed by atoms with E-state index in [-0.39, 0.29) is 23.3 Å². The molecule has 1 N–H and O–H groups in total. The van der Waals surface area contributed by atoms with Crippen molar-refractivity contribution < 1.29 is 14.0 Å². The van der Waals surface area contributed by atoms with Gasteiger partial charge in [-0.15, -0.1) is 10.2 Å². The van der Waals surface area contributed by atoms with Gasteiger partial charge in [0.05, 0.1) is 5.75 Å². The van der Waals surface area contributed by atoms with E-state index in [1.807, 2.05) is 12.1 Å². The van der Waals surface area contributed by atoms with Crippen LogP contribution in [0.5, 0.6) is 0 Å². The molecular weight excluding hydrogens is 455 g/mol. The van der Waals surface area contributed by atoms with Crippen LogP contribution in [0.1, 0.15) is 33.7 Å². The third-order valence-electron chi connectivity index (χ3n) is 5.62. The van der Waals surface area contributed by atoms with Gasteiger partial charge in [0.1, 0.15) is 11.5 Å². The van der Waals surface area contributed by atoms with Gasteiger partial charge < -0.3 is 9.88 Å². The number of carbonyl (C=O) groups is 2. The zero-order valence-electron chi connectivity index (χ0n) is 18.1. The van der Waals surface area contributed by atoms with Crippen molar-refractivity contribution in [2.75, 3.05) is 18.8 Å². The standard InChI is InChI=1S/C24H21FN6O2S/c25-18-3-5-19(6-4-18)31-22(16-7-9-26-10-8-16)28-29-24(31)34-15-21(32)17-13-20(27-14-17)23(33)30-11-1-2-12-30/h3-10,13-14,27H,1-2,11-12,15H2. The van der Waals surface area contributed by atoms with E-state index in [2.05, 4.69) is 20.2 Å². The average molecular weight is 477 g/mol. The maximum absolute atomic E-state index is 13.5. The molecule has 3 aromatic heterocycles. The van der Waals surface area contributed by atoms with Crippen molar-refractivity contribution in [2.45, 2.75) is 18.0 Å². The quantitative estimate of drug-likeness (QED) is 0.320. The van der Waals surface area contributed by atoms with Crippen molar-refractivity contribution in [1.82, 2.24) is 29.6 Å². The van der Waals surface area contributed by atoms with Crippen LogP contribution in [0, 0.1) is 5.82 Å². The molecule has 172 valence electrons. The Labute approximate surface area is 199 Å². The summed E-state index contributed by atoms with van der Waals surface area (Å²) in [5.74, 6) is 0.0933. The third-order valence-corrected chi connectivity index (χ3v) is 6.55. The van der Waals surface area contributed by atoms with Gasteiger partial charge in [-0.1, -0.05) is 11.8 Å². The number of aromatic nitrogens is 5. The predicted molar refractivity (Wildman–Crippen MR) is 126 cm³/mol. The summed E-state index contributed by atoms with van der Waals surface area (Å²) in [4.78, 5) is 34.2. The normalized spacial score (nSPS) is 13.4. The highest BCUT2D eigenvalue weighted by Gasteiger charge is 2.22. The molecule has 0 atom stereocenters. The molecule has 1 saturated heterocycles. The number of nitrogens with one attached hydrogen (secondary N) is 1. The Morgan fingerprint density at radius 1 is 1.03 bits per heavy atom. The minimum atomic E-state index is -0.349. The SMILES string of the molecule is O=C(CSc1nnc(-c2ccncc2)n1-c1ccc(F)cc1)c1c[nH]c(C(=O)N2CCCC2)c1. The number of pyridine rings is 1. The molecule has 1 amide bonds. The summed E-state index contributed by atoms with van der Waals surface area (Å²) in [7, 11) is 0. The monoisotopic (exact) mass is 476 g/mol. The Hall–Kier alpha value is -3.79. The molecule has 0 saturated carbocycles. The number of hydrogen-bond acceptors (Lipinski definition) is 6. The summed E-state index contributed by atoms with van der Waals surface area (Å²) in [5, 5.41) is 9.09. The molecule has 0 unspecified atom stereocenters. The number of H-pyrrole nitrogens is 1. The number of halogens is 1. The smallest absolute Gasteiger partial charge is 0.270 e. The summed E-state index contributed by atoms with van der Waals surface area (Å²) >= 11 is 1.23. The van der Waals surface area contributed by atoms with Gasteiger partial charge in [-0.3, -0.25) is 19.1 Å². The second kappa shape index (κ2) is 9.60. The number of amides is 1. The van der Waals surface area contributed by atoms with Crippen LogP contribution in [-0.2, 0) is 0 Å². The van der Waals surface area contributed by atoms with Crippen LogP contribution in [0.4, 0.5) is 4.39 Å². The topological polar surface area (TPSA) is 96.8 Å². The van der Waals surface area contributed by atoms with Crippen molar-refractivity contribution in [3.8, 4) is 17.1 Å². The zero-order valence-corrected chi connectivity index (χ0v) is 19.0. The van der Waals surface area contributed by atoms with Crippen molar-refractivity contribution in [3.05, 3.63) is 78.1 Å². The van der Waals surface area contributed by atoms with E-state index >= 15 is 0 Å². The van der Waals surface area contributed by atoms with Crippen LogP contribution >= 0.6 is 11.8 Å². The second-order valence-electron chi connectivity index (χ2n) is 7.87. The van der Waals surface area contributed by atoms with E-state index in [0.29, 0.717) is 27.9 Å². The first-order chi connectivity index (χ1) is 16.6. The molecule has 4 heterocycles. The van der Waals surface area contributed by atoms with Crippen molar-refractivity contribution in [2.24, 2.45) is 0 Å². The van der Waals surface area contributed by atoms with Crippen LogP contribution < -0.4 is 0 Å². The number of Topliss-reactive ketones (excluding diaryl/α,β-unsaturated/α-hetero) is 1. The number of thioether (sulfide) groups is 1. The summed E-state index contributed by atoms with van der Waals surface area (Å²) in [6.45, 7) is 1.49. The van der Waals surface area contributed by atoms with E-state index in [0.717, 1.165) is 31.5 Å². The van der Waals surface area contributed by atoms with Crippen LogP contribution in [0.15, 0.2) is 66.2 Å². The molecule has 1 aliphatic rings. The van der Waals surface area contributed by atoms with Gasteiger partial charge in [0.2, 0.25) is 0 Å².